The van der Waals surface area contributed by atoms with Crippen LogP contribution in [0.5, 0.6) is 0 Å². The molecule has 0 radical (unpaired) electrons. The van der Waals surface area contributed by atoms with Crippen molar-refractivity contribution >= 4 is 17.3 Å². The van der Waals surface area contributed by atoms with Crippen molar-refractivity contribution < 1.29 is 4.74 Å². The lowest BCUT2D eigenvalue weighted by atomic mass is 10.0. The van der Waals surface area contributed by atoms with Crippen LogP contribution >= 0.6 is 11.6 Å². The van der Waals surface area contributed by atoms with E-state index in [0.717, 1.165) is 36.6 Å². The summed E-state index contributed by atoms with van der Waals surface area (Å²) in [6.07, 6.45) is 2.54. The number of rotatable bonds is 4. The zero-order valence-electron chi connectivity index (χ0n) is 11.9. The van der Waals surface area contributed by atoms with Crippen LogP contribution in [0, 0.1) is 0 Å². The summed E-state index contributed by atoms with van der Waals surface area (Å²) in [4.78, 5) is 2.35. The first-order valence-corrected chi connectivity index (χ1v) is 7.28. The predicted molar refractivity (Wildman–Crippen MR) is 81.2 cm³/mol. The van der Waals surface area contributed by atoms with Crippen molar-refractivity contribution in [2.45, 2.75) is 31.9 Å². The van der Waals surface area contributed by atoms with Crippen molar-refractivity contribution in [2.24, 2.45) is 0 Å². The van der Waals surface area contributed by atoms with E-state index in [1.165, 1.54) is 5.56 Å². The fourth-order valence-electron chi connectivity index (χ4n) is 2.55. The van der Waals surface area contributed by atoms with Crippen molar-refractivity contribution in [1.82, 2.24) is 5.32 Å². The quantitative estimate of drug-likeness (QED) is 0.918. The van der Waals surface area contributed by atoms with E-state index in [1.54, 1.807) is 7.11 Å². The Labute approximate surface area is 120 Å². The van der Waals surface area contributed by atoms with Crippen LogP contribution in [0.3, 0.4) is 0 Å². The van der Waals surface area contributed by atoms with Crippen molar-refractivity contribution in [3.8, 4) is 0 Å². The SMILES string of the molecule is CNC(C)c1ccc(N2CCC(OC)CC2)c(Cl)c1. The summed E-state index contributed by atoms with van der Waals surface area (Å²) in [7, 11) is 3.75. The Balaban J connectivity index is 2.09. The number of hydrogen-bond donors (Lipinski definition) is 1. The van der Waals surface area contributed by atoms with E-state index in [0.29, 0.717) is 12.1 Å². The number of nitrogens with one attached hydrogen (secondary N) is 1. The second-order valence-corrected chi connectivity index (χ2v) is 5.55. The number of nitrogens with zero attached hydrogens (tertiary/aromatic N) is 1. The van der Waals surface area contributed by atoms with Gasteiger partial charge < -0.3 is 15.0 Å². The molecule has 0 aromatic heterocycles. The summed E-state index contributed by atoms with van der Waals surface area (Å²) < 4.78 is 5.40. The number of methoxy groups -OCH3 is 1. The van der Waals surface area contributed by atoms with Crippen LogP contribution in [-0.2, 0) is 4.74 Å². The largest absolute Gasteiger partial charge is 0.381 e. The van der Waals surface area contributed by atoms with Crippen molar-refractivity contribution in [2.75, 3.05) is 32.1 Å². The van der Waals surface area contributed by atoms with Crippen LogP contribution in [0.25, 0.3) is 0 Å². The lowest BCUT2D eigenvalue weighted by Crippen LogP contribution is -2.36. The summed E-state index contributed by atoms with van der Waals surface area (Å²) in [6.45, 7) is 4.16. The molecule has 1 aromatic rings. The molecule has 0 aliphatic carbocycles. The van der Waals surface area contributed by atoms with Crippen molar-refractivity contribution in [3.63, 3.8) is 0 Å². The molecule has 1 unspecified atom stereocenters. The molecule has 4 heteroatoms. The lowest BCUT2D eigenvalue weighted by Gasteiger charge is -2.33. The molecule has 0 bridgehead atoms. The van der Waals surface area contributed by atoms with E-state index in [9.17, 15) is 0 Å². The van der Waals surface area contributed by atoms with Crippen LogP contribution in [0.1, 0.15) is 31.4 Å². The van der Waals surface area contributed by atoms with Crippen LogP contribution in [0.15, 0.2) is 18.2 Å². The molecule has 1 aromatic carbocycles. The van der Waals surface area contributed by atoms with Gasteiger partial charge in [-0.05, 0) is 44.5 Å². The highest BCUT2D eigenvalue weighted by Gasteiger charge is 2.20. The molecule has 1 fully saturated rings. The van der Waals surface area contributed by atoms with Gasteiger partial charge in [0.15, 0.2) is 0 Å². The van der Waals surface area contributed by atoms with Gasteiger partial charge in [-0.1, -0.05) is 17.7 Å². The molecule has 1 aliphatic rings. The van der Waals surface area contributed by atoms with Gasteiger partial charge in [0.1, 0.15) is 0 Å². The summed E-state index contributed by atoms with van der Waals surface area (Å²) in [6, 6.07) is 6.69. The monoisotopic (exact) mass is 282 g/mol. The highest BCUT2D eigenvalue weighted by atomic mass is 35.5. The first-order chi connectivity index (χ1) is 9.15. The number of piperidine rings is 1. The second kappa shape index (κ2) is 6.60. The van der Waals surface area contributed by atoms with Gasteiger partial charge in [0.05, 0.1) is 16.8 Å². The zero-order valence-corrected chi connectivity index (χ0v) is 12.7. The molecule has 1 aliphatic heterocycles. The minimum Gasteiger partial charge on any atom is -0.381 e. The molecule has 2 rings (SSSR count). The van der Waals surface area contributed by atoms with Gasteiger partial charge >= 0.3 is 0 Å². The predicted octanol–water partition coefficient (Wildman–Crippen LogP) is 3.24. The van der Waals surface area contributed by atoms with E-state index in [2.05, 4.69) is 35.3 Å². The van der Waals surface area contributed by atoms with E-state index >= 15 is 0 Å². The third kappa shape index (κ3) is 3.41. The molecule has 106 valence electrons. The lowest BCUT2D eigenvalue weighted by molar-refractivity contribution is 0.0819. The van der Waals surface area contributed by atoms with E-state index in [4.69, 9.17) is 16.3 Å². The Kier molecular flexibility index (Phi) is 5.08. The van der Waals surface area contributed by atoms with Gasteiger partial charge in [-0.25, -0.2) is 0 Å². The standard InChI is InChI=1S/C15H23ClN2O/c1-11(17-2)12-4-5-15(14(16)10-12)18-8-6-13(19-3)7-9-18/h4-5,10-11,13,17H,6-9H2,1-3H3. The Morgan fingerprint density at radius 3 is 2.58 bits per heavy atom. The fourth-order valence-corrected chi connectivity index (χ4v) is 2.86. The number of halogens is 1. The Morgan fingerprint density at radius 1 is 1.37 bits per heavy atom. The maximum absolute atomic E-state index is 6.43. The second-order valence-electron chi connectivity index (χ2n) is 5.14. The summed E-state index contributed by atoms with van der Waals surface area (Å²) in [5.41, 5.74) is 2.37. The average Bonchev–Trinajstić information content (AvgIpc) is 2.46. The van der Waals surface area contributed by atoms with Crippen LogP contribution in [-0.4, -0.2) is 33.4 Å². The fraction of sp³-hybridized carbons (Fsp3) is 0.600. The van der Waals surface area contributed by atoms with E-state index < -0.39 is 0 Å². The summed E-state index contributed by atoms with van der Waals surface area (Å²) >= 11 is 6.43. The van der Waals surface area contributed by atoms with Gasteiger partial charge in [0.2, 0.25) is 0 Å². The first kappa shape index (κ1) is 14.6. The minimum atomic E-state index is 0.325. The summed E-state index contributed by atoms with van der Waals surface area (Å²) in [5.74, 6) is 0. The maximum Gasteiger partial charge on any atom is 0.0642 e. The van der Waals surface area contributed by atoms with Gasteiger partial charge in [-0.2, -0.15) is 0 Å². The molecule has 0 amide bonds. The van der Waals surface area contributed by atoms with Gasteiger partial charge in [0.25, 0.3) is 0 Å². The van der Waals surface area contributed by atoms with Crippen molar-refractivity contribution in [3.05, 3.63) is 28.8 Å². The number of hydrogen-bond acceptors (Lipinski definition) is 3. The molecule has 1 heterocycles. The topological polar surface area (TPSA) is 24.5 Å². The molecule has 1 atom stereocenters. The van der Waals surface area contributed by atoms with Crippen molar-refractivity contribution in [1.29, 1.82) is 0 Å². The molecule has 1 N–H and O–H groups in total. The van der Waals surface area contributed by atoms with E-state index in [1.807, 2.05) is 7.05 Å². The molecule has 0 spiro atoms. The molecule has 3 nitrogen and oxygen atoms in total. The maximum atomic E-state index is 6.43. The first-order valence-electron chi connectivity index (χ1n) is 6.90. The molecule has 1 saturated heterocycles. The van der Waals surface area contributed by atoms with E-state index in [-0.39, 0.29) is 0 Å². The van der Waals surface area contributed by atoms with Crippen LogP contribution in [0.4, 0.5) is 5.69 Å². The van der Waals surface area contributed by atoms with Gasteiger partial charge in [0, 0.05) is 26.2 Å². The molecule has 19 heavy (non-hydrogen) atoms. The van der Waals surface area contributed by atoms with Gasteiger partial charge in [-0.15, -0.1) is 0 Å². The Morgan fingerprint density at radius 2 is 2.05 bits per heavy atom. The third-order valence-corrected chi connectivity index (χ3v) is 4.32. The van der Waals surface area contributed by atoms with Gasteiger partial charge in [-0.3, -0.25) is 0 Å². The molecular formula is C15H23ClN2O. The number of benzene rings is 1. The Bertz CT molecular complexity index is 417. The summed E-state index contributed by atoms with van der Waals surface area (Å²) in [5, 5.41) is 4.08. The highest BCUT2D eigenvalue weighted by molar-refractivity contribution is 6.33. The van der Waals surface area contributed by atoms with Crippen LogP contribution < -0.4 is 10.2 Å². The average molecular weight is 283 g/mol. The van der Waals surface area contributed by atoms with Crippen LogP contribution in [0.2, 0.25) is 5.02 Å². The molecule has 0 saturated carbocycles. The smallest absolute Gasteiger partial charge is 0.0642 e. The normalized spacial score (nSPS) is 18.6. The number of ether oxygens (including phenoxy) is 1. The Hall–Kier alpha value is -0.770. The zero-order chi connectivity index (χ0) is 13.8. The third-order valence-electron chi connectivity index (χ3n) is 4.02. The highest BCUT2D eigenvalue weighted by Crippen LogP contribution is 2.31. The molecular weight excluding hydrogens is 260 g/mol. The minimum absolute atomic E-state index is 0.325. The number of anilines is 1.